The molecule has 0 spiro atoms. The summed E-state index contributed by atoms with van der Waals surface area (Å²) in [5.41, 5.74) is 1.03. The number of rotatable bonds is 6. The maximum atomic E-state index is 5.44. The number of hydrogen-bond acceptors (Lipinski definition) is 4. The van der Waals surface area contributed by atoms with E-state index >= 15 is 0 Å². The zero-order chi connectivity index (χ0) is 16.5. The van der Waals surface area contributed by atoms with Crippen molar-refractivity contribution in [2.24, 2.45) is 4.99 Å². The van der Waals surface area contributed by atoms with Crippen molar-refractivity contribution in [3.63, 3.8) is 0 Å². The lowest BCUT2D eigenvalue weighted by Gasteiger charge is -2.41. The van der Waals surface area contributed by atoms with E-state index in [0.29, 0.717) is 6.54 Å². The van der Waals surface area contributed by atoms with E-state index < -0.39 is 0 Å². The van der Waals surface area contributed by atoms with Gasteiger partial charge in [-0.15, -0.1) is 24.0 Å². The number of aromatic nitrogens is 1. The Morgan fingerprint density at radius 3 is 2.67 bits per heavy atom. The molecule has 0 unspecified atom stereocenters. The Kier molecular flexibility index (Phi) is 9.53. The van der Waals surface area contributed by atoms with Crippen LogP contribution in [0, 0.1) is 0 Å². The van der Waals surface area contributed by atoms with Crippen LogP contribution in [0.15, 0.2) is 29.4 Å². The fourth-order valence-corrected chi connectivity index (χ4v) is 2.57. The minimum atomic E-state index is 0. The van der Waals surface area contributed by atoms with Gasteiger partial charge in [0.1, 0.15) is 0 Å². The monoisotopic (exact) mass is 447 g/mol. The van der Waals surface area contributed by atoms with Gasteiger partial charge in [-0.3, -0.25) is 9.88 Å². The Bertz CT molecular complexity index is 489. The maximum Gasteiger partial charge on any atom is 0.191 e. The summed E-state index contributed by atoms with van der Waals surface area (Å²) in [6.07, 6.45) is 1.80. The SMILES string of the molecule is CCNC(=NCc1ccccn1)NCC(C)(C)N1CCOCC1.I. The Morgan fingerprint density at radius 2 is 2.04 bits per heavy atom. The topological polar surface area (TPSA) is 61.8 Å². The first-order valence-corrected chi connectivity index (χ1v) is 8.37. The van der Waals surface area contributed by atoms with Gasteiger partial charge < -0.3 is 15.4 Å². The Balaban J connectivity index is 0.00000288. The predicted molar refractivity (Wildman–Crippen MR) is 109 cm³/mol. The van der Waals surface area contributed by atoms with Gasteiger partial charge in [0.15, 0.2) is 5.96 Å². The molecule has 6 nitrogen and oxygen atoms in total. The van der Waals surface area contributed by atoms with Crippen molar-refractivity contribution in [1.29, 1.82) is 0 Å². The van der Waals surface area contributed by atoms with E-state index in [2.05, 4.69) is 46.3 Å². The molecule has 24 heavy (non-hydrogen) atoms. The molecule has 2 heterocycles. The highest BCUT2D eigenvalue weighted by molar-refractivity contribution is 14.0. The van der Waals surface area contributed by atoms with Crippen molar-refractivity contribution >= 4 is 29.9 Å². The van der Waals surface area contributed by atoms with Gasteiger partial charge in [-0.25, -0.2) is 4.99 Å². The number of guanidine groups is 1. The van der Waals surface area contributed by atoms with Crippen molar-refractivity contribution in [2.45, 2.75) is 32.9 Å². The average molecular weight is 447 g/mol. The van der Waals surface area contributed by atoms with Gasteiger partial charge in [-0.2, -0.15) is 0 Å². The van der Waals surface area contributed by atoms with Gasteiger partial charge in [0, 0.05) is 37.9 Å². The van der Waals surface area contributed by atoms with E-state index in [0.717, 1.165) is 51.0 Å². The first-order chi connectivity index (χ1) is 11.1. The molecule has 0 saturated carbocycles. The van der Waals surface area contributed by atoms with Gasteiger partial charge in [-0.1, -0.05) is 6.07 Å². The molecule has 136 valence electrons. The van der Waals surface area contributed by atoms with Crippen LogP contribution in [-0.4, -0.2) is 60.8 Å². The predicted octanol–water partition coefficient (Wildman–Crippen LogP) is 1.87. The van der Waals surface area contributed by atoms with E-state index in [-0.39, 0.29) is 29.5 Å². The quantitative estimate of drug-likeness (QED) is 0.396. The molecule has 0 atom stereocenters. The van der Waals surface area contributed by atoms with Gasteiger partial charge in [0.05, 0.1) is 25.5 Å². The minimum Gasteiger partial charge on any atom is -0.379 e. The van der Waals surface area contributed by atoms with E-state index in [1.54, 1.807) is 6.20 Å². The molecule has 0 amide bonds. The second-order valence-electron chi connectivity index (χ2n) is 6.28. The van der Waals surface area contributed by atoms with Crippen LogP contribution < -0.4 is 10.6 Å². The molecule has 1 aliphatic rings. The number of morpholine rings is 1. The lowest BCUT2D eigenvalue weighted by molar-refractivity contribution is -0.00834. The average Bonchev–Trinajstić information content (AvgIpc) is 2.59. The molecular formula is C17H30IN5O. The second kappa shape index (κ2) is 10.8. The summed E-state index contributed by atoms with van der Waals surface area (Å²) >= 11 is 0. The molecule has 0 aliphatic carbocycles. The number of hydrogen-bond donors (Lipinski definition) is 2. The van der Waals surface area contributed by atoms with Gasteiger partial charge >= 0.3 is 0 Å². The molecule has 1 aromatic rings. The summed E-state index contributed by atoms with van der Waals surface area (Å²) in [4.78, 5) is 11.4. The van der Waals surface area contributed by atoms with Crippen molar-refractivity contribution in [1.82, 2.24) is 20.5 Å². The number of nitrogens with one attached hydrogen (secondary N) is 2. The first kappa shape index (κ1) is 21.1. The number of pyridine rings is 1. The molecule has 1 fully saturated rings. The zero-order valence-electron chi connectivity index (χ0n) is 14.9. The fourth-order valence-electron chi connectivity index (χ4n) is 2.57. The lowest BCUT2D eigenvalue weighted by atomic mass is 10.0. The molecule has 1 aromatic heterocycles. The molecule has 2 N–H and O–H groups in total. The summed E-state index contributed by atoms with van der Waals surface area (Å²) in [5, 5.41) is 6.75. The zero-order valence-corrected chi connectivity index (χ0v) is 17.2. The van der Waals surface area contributed by atoms with Crippen LogP contribution in [0.2, 0.25) is 0 Å². The normalized spacial score (nSPS) is 16.4. The highest BCUT2D eigenvalue weighted by atomic mass is 127. The fraction of sp³-hybridized carbons (Fsp3) is 0.647. The van der Waals surface area contributed by atoms with E-state index in [1.807, 2.05) is 18.2 Å². The summed E-state index contributed by atoms with van der Waals surface area (Å²) in [6.45, 7) is 12.4. The van der Waals surface area contributed by atoms with Crippen LogP contribution >= 0.6 is 24.0 Å². The van der Waals surface area contributed by atoms with Crippen molar-refractivity contribution < 1.29 is 4.74 Å². The van der Waals surface area contributed by atoms with Crippen LogP contribution in [0.1, 0.15) is 26.5 Å². The highest BCUT2D eigenvalue weighted by Gasteiger charge is 2.28. The molecule has 0 radical (unpaired) electrons. The lowest BCUT2D eigenvalue weighted by Crippen LogP contribution is -2.56. The van der Waals surface area contributed by atoms with Crippen LogP contribution in [-0.2, 0) is 11.3 Å². The third-order valence-corrected chi connectivity index (χ3v) is 4.03. The second-order valence-corrected chi connectivity index (χ2v) is 6.28. The number of aliphatic imine (C=N–C) groups is 1. The van der Waals surface area contributed by atoms with Crippen molar-refractivity contribution in [3.05, 3.63) is 30.1 Å². The molecule has 1 aliphatic heterocycles. The van der Waals surface area contributed by atoms with Crippen LogP contribution in [0.3, 0.4) is 0 Å². The third kappa shape index (κ3) is 6.90. The van der Waals surface area contributed by atoms with Crippen molar-refractivity contribution in [3.8, 4) is 0 Å². The van der Waals surface area contributed by atoms with Crippen LogP contribution in [0.5, 0.6) is 0 Å². The van der Waals surface area contributed by atoms with Gasteiger partial charge in [0.2, 0.25) is 0 Å². The van der Waals surface area contributed by atoms with E-state index in [4.69, 9.17) is 4.74 Å². The minimum absolute atomic E-state index is 0. The van der Waals surface area contributed by atoms with E-state index in [9.17, 15) is 0 Å². The van der Waals surface area contributed by atoms with Crippen molar-refractivity contribution in [2.75, 3.05) is 39.4 Å². The molecule has 7 heteroatoms. The largest absolute Gasteiger partial charge is 0.379 e. The maximum absolute atomic E-state index is 5.44. The smallest absolute Gasteiger partial charge is 0.191 e. The summed E-state index contributed by atoms with van der Waals surface area (Å²) in [6, 6.07) is 5.89. The Morgan fingerprint density at radius 1 is 1.29 bits per heavy atom. The number of ether oxygens (including phenoxy) is 1. The molecular weight excluding hydrogens is 417 g/mol. The number of halogens is 1. The molecule has 1 saturated heterocycles. The first-order valence-electron chi connectivity index (χ1n) is 8.37. The molecule has 0 aromatic carbocycles. The summed E-state index contributed by atoms with van der Waals surface area (Å²) in [7, 11) is 0. The van der Waals surface area contributed by atoms with Gasteiger partial charge in [0.25, 0.3) is 0 Å². The third-order valence-electron chi connectivity index (χ3n) is 4.03. The standard InChI is InChI=1S/C17H29N5O.HI/c1-4-18-16(20-13-15-7-5-6-8-19-15)21-14-17(2,3)22-9-11-23-12-10-22;/h5-8H,4,9-14H2,1-3H3,(H2,18,20,21);1H. The molecule has 2 rings (SSSR count). The van der Waals surface area contributed by atoms with Crippen LogP contribution in [0.4, 0.5) is 0 Å². The Hall–Kier alpha value is -0.930. The molecule has 0 bridgehead atoms. The summed E-state index contributed by atoms with van der Waals surface area (Å²) in [5.74, 6) is 0.833. The highest BCUT2D eigenvalue weighted by Crippen LogP contribution is 2.14. The summed E-state index contributed by atoms with van der Waals surface area (Å²) < 4.78 is 5.44. The van der Waals surface area contributed by atoms with Crippen LogP contribution in [0.25, 0.3) is 0 Å². The Labute approximate surface area is 162 Å². The van der Waals surface area contributed by atoms with Gasteiger partial charge in [-0.05, 0) is 32.9 Å². The van der Waals surface area contributed by atoms with E-state index in [1.165, 1.54) is 0 Å². The number of nitrogens with zero attached hydrogens (tertiary/aromatic N) is 3.